The van der Waals surface area contributed by atoms with Gasteiger partial charge in [0.1, 0.15) is 5.82 Å². The van der Waals surface area contributed by atoms with Crippen LogP contribution in [0.25, 0.3) is 22.4 Å². The number of nitrogens with zero attached hydrogens (tertiary/aromatic N) is 1. The standard InChI is InChI=1S/C20H15ClN4S/c21-14-4-3-5-16(12-14)23-20(26)22-15-10-8-13(9-11-15)19-24-17-6-1-2-7-18(17)25-19/h1-12H,(H,24,25)(H2,22,23,26). The zero-order valence-corrected chi connectivity index (χ0v) is 15.2. The summed E-state index contributed by atoms with van der Waals surface area (Å²) in [5, 5.41) is 7.44. The van der Waals surface area contributed by atoms with Crippen molar-refractivity contribution in [2.75, 3.05) is 10.6 Å². The molecule has 0 radical (unpaired) electrons. The Bertz CT molecular complexity index is 1040. The topological polar surface area (TPSA) is 52.7 Å². The predicted molar refractivity (Wildman–Crippen MR) is 113 cm³/mol. The van der Waals surface area contributed by atoms with Crippen LogP contribution in [0.5, 0.6) is 0 Å². The monoisotopic (exact) mass is 378 g/mol. The third kappa shape index (κ3) is 3.69. The van der Waals surface area contributed by atoms with Crippen molar-refractivity contribution in [3.05, 3.63) is 77.8 Å². The fourth-order valence-electron chi connectivity index (χ4n) is 2.66. The van der Waals surface area contributed by atoms with Crippen molar-refractivity contribution < 1.29 is 0 Å². The van der Waals surface area contributed by atoms with Crippen molar-refractivity contribution in [3.63, 3.8) is 0 Å². The minimum absolute atomic E-state index is 0.503. The first-order valence-corrected chi connectivity index (χ1v) is 8.85. The number of hydrogen-bond acceptors (Lipinski definition) is 2. The van der Waals surface area contributed by atoms with Crippen molar-refractivity contribution in [2.45, 2.75) is 0 Å². The van der Waals surface area contributed by atoms with E-state index < -0.39 is 0 Å². The van der Waals surface area contributed by atoms with Crippen LogP contribution in [0.1, 0.15) is 0 Å². The van der Waals surface area contributed by atoms with Crippen LogP contribution < -0.4 is 10.6 Å². The molecular formula is C20H15ClN4S. The van der Waals surface area contributed by atoms with E-state index in [0.29, 0.717) is 10.1 Å². The molecule has 4 aromatic rings. The lowest BCUT2D eigenvalue weighted by Gasteiger charge is -2.11. The van der Waals surface area contributed by atoms with Crippen LogP contribution in [-0.2, 0) is 0 Å². The number of hydrogen-bond donors (Lipinski definition) is 3. The maximum atomic E-state index is 5.98. The summed E-state index contributed by atoms with van der Waals surface area (Å²) in [6.07, 6.45) is 0. The molecule has 0 amide bonds. The Morgan fingerprint density at radius 1 is 0.885 bits per heavy atom. The van der Waals surface area contributed by atoms with Crippen LogP contribution in [0.15, 0.2) is 72.8 Å². The third-order valence-corrected chi connectivity index (χ3v) is 4.33. The Morgan fingerprint density at radius 2 is 1.65 bits per heavy atom. The second-order valence-electron chi connectivity index (χ2n) is 5.77. The molecule has 26 heavy (non-hydrogen) atoms. The van der Waals surface area contributed by atoms with Crippen molar-refractivity contribution in [2.24, 2.45) is 0 Å². The number of para-hydroxylation sites is 2. The molecule has 0 unspecified atom stereocenters. The van der Waals surface area contributed by atoms with Gasteiger partial charge in [-0.3, -0.25) is 0 Å². The fraction of sp³-hybridized carbons (Fsp3) is 0. The van der Waals surface area contributed by atoms with Crippen molar-refractivity contribution in [3.8, 4) is 11.4 Å². The van der Waals surface area contributed by atoms with Gasteiger partial charge in [0.2, 0.25) is 0 Å². The van der Waals surface area contributed by atoms with Gasteiger partial charge >= 0.3 is 0 Å². The van der Waals surface area contributed by atoms with Gasteiger partial charge in [-0.15, -0.1) is 0 Å². The van der Waals surface area contributed by atoms with Crippen LogP contribution in [0.4, 0.5) is 11.4 Å². The van der Waals surface area contributed by atoms with Crippen molar-refractivity contribution in [1.82, 2.24) is 9.97 Å². The molecule has 0 aliphatic rings. The second-order valence-corrected chi connectivity index (χ2v) is 6.61. The smallest absolute Gasteiger partial charge is 0.175 e. The Labute approximate surface area is 161 Å². The number of halogens is 1. The molecule has 0 aliphatic heterocycles. The molecule has 4 nitrogen and oxygen atoms in total. The van der Waals surface area contributed by atoms with E-state index in [2.05, 4.69) is 20.6 Å². The van der Waals surface area contributed by atoms with E-state index in [1.165, 1.54) is 0 Å². The summed E-state index contributed by atoms with van der Waals surface area (Å²) in [6, 6.07) is 23.3. The van der Waals surface area contributed by atoms with Gasteiger partial charge in [0, 0.05) is 22.0 Å². The van der Waals surface area contributed by atoms with Gasteiger partial charge in [-0.2, -0.15) is 0 Å². The van der Waals surface area contributed by atoms with E-state index >= 15 is 0 Å². The average molecular weight is 379 g/mol. The number of imidazole rings is 1. The maximum Gasteiger partial charge on any atom is 0.175 e. The minimum atomic E-state index is 0.503. The molecule has 128 valence electrons. The molecule has 0 atom stereocenters. The van der Waals surface area contributed by atoms with Crippen LogP contribution >= 0.6 is 23.8 Å². The Kier molecular flexibility index (Phi) is 4.56. The number of benzene rings is 3. The average Bonchev–Trinajstić information content (AvgIpc) is 3.06. The van der Waals surface area contributed by atoms with E-state index in [1.54, 1.807) is 0 Å². The van der Waals surface area contributed by atoms with Crippen molar-refractivity contribution in [1.29, 1.82) is 0 Å². The van der Waals surface area contributed by atoms with Gasteiger partial charge in [0.25, 0.3) is 0 Å². The number of H-pyrrole nitrogens is 1. The van der Waals surface area contributed by atoms with E-state index in [4.69, 9.17) is 23.8 Å². The molecule has 0 saturated carbocycles. The van der Waals surface area contributed by atoms with Crippen LogP contribution in [0, 0.1) is 0 Å². The SMILES string of the molecule is S=C(Nc1ccc(-c2nc3ccccc3[nH]2)cc1)Nc1cccc(Cl)c1. The number of nitrogens with one attached hydrogen (secondary N) is 3. The zero-order valence-electron chi connectivity index (χ0n) is 13.7. The molecule has 3 aromatic carbocycles. The number of aromatic nitrogens is 2. The lowest BCUT2D eigenvalue weighted by molar-refractivity contribution is 1.34. The summed E-state index contributed by atoms with van der Waals surface area (Å²) in [7, 11) is 0. The normalized spacial score (nSPS) is 10.7. The lowest BCUT2D eigenvalue weighted by atomic mass is 10.2. The highest BCUT2D eigenvalue weighted by Gasteiger charge is 2.05. The molecular weight excluding hydrogens is 364 g/mol. The van der Waals surface area contributed by atoms with Gasteiger partial charge in [0.15, 0.2) is 5.11 Å². The highest BCUT2D eigenvalue weighted by molar-refractivity contribution is 7.80. The summed E-state index contributed by atoms with van der Waals surface area (Å²) in [5.41, 5.74) is 4.73. The van der Waals surface area contributed by atoms with Crippen molar-refractivity contribution >= 4 is 51.3 Å². The number of fused-ring (bicyclic) bond motifs is 1. The molecule has 1 aromatic heterocycles. The van der Waals surface area contributed by atoms with Gasteiger partial charge in [0.05, 0.1) is 11.0 Å². The molecule has 1 heterocycles. The number of thiocarbonyl (C=S) groups is 1. The van der Waals surface area contributed by atoms with Crippen LogP contribution in [0.2, 0.25) is 5.02 Å². The van der Waals surface area contributed by atoms with E-state index in [9.17, 15) is 0 Å². The minimum Gasteiger partial charge on any atom is -0.338 e. The molecule has 4 rings (SSSR count). The number of rotatable bonds is 3. The van der Waals surface area contributed by atoms with E-state index in [-0.39, 0.29) is 0 Å². The Balaban J connectivity index is 1.46. The largest absolute Gasteiger partial charge is 0.338 e. The van der Waals surface area contributed by atoms with Gasteiger partial charge in [-0.05, 0) is 66.8 Å². The van der Waals surface area contributed by atoms with E-state index in [1.807, 2.05) is 72.8 Å². The molecule has 0 aliphatic carbocycles. The number of aromatic amines is 1. The molecule has 6 heteroatoms. The predicted octanol–water partition coefficient (Wildman–Crippen LogP) is 5.69. The lowest BCUT2D eigenvalue weighted by Crippen LogP contribution is -2.18. The second kappa shape index (κ2) is 7.15. The summed E-state index contributed by atoms with van der Waals surface area (Å²) in [5.74, 6) is 0.845. The summed E-state index contributed by atoms with van der Waals surface area (Å²) >= 11 is 11.3. The maximum absolute atomic E-state index is 5.98. The van der Waals surface area contributed by atoms with Crippen LogP contribution in [-0.4, -0.2) is 15.1 Å². The summed E-state index contributed by atoms with van der Waals surface area (Å²) in [4.78, 5) is 7.94. The highest BCUT2D eigenvalue weighted by atomic mass is 35.5. The molecule has 3 N–H and O–H groups in total. The van der Waals surface area contributed by atoms with E-state index in [0.717, 1.165) is 33.8 Å². The molecule has 0 fully saturated rings. The molecule has 0 spiro atoms. The third-order valence-electron chi connectivity index (χ3n) is 3.89. The fourth-order valence-corrected chi connectivity index (χ4v) is 3.09. The first kappa shape index (κ1) is 16.6. The zero-order chi connectivity index (χ0) is 17.9. The Morgan fingerprint density at radius 3 is 2.42 bits per heavy atom. The van der Waals surface area contributed by atoms with Gasteiger partial charge < -0.3 is 15.6 Å². The first-order chi connectivity index (χ1) is 12.7. The summed E-state index contributed by atoms with van der Waals surface area (Å²) < 4.78 is 0. The number of anilines is 2. The molecule has 0 saturated heterocycles. The van der Waals surface area contributed by atoms with Gasteiger partial charge in [-0.25, -0.2) is 4.98 Å². The van der Waals surface area contributed by atoms with Crippen LogP contribution in [0.3, 0.4) is 0 Å². The highest BCUT2D eigenvalue weighted by Crippen LogP contribution is 2.22. The summed E-state index contributed by atoms with van der Waals surface area (Å²) in [6.45, 7) is 0. The van der Waals surface area contributed by atoms with Gasteiger partial charge in [-0.1, -0.05) is 29.8 Å². The molecule has 0 bridgehead atoms. The first-order valence-electron chi connectivity index (χ1n) is 8.06. The quantitative estimate of drug-likeness (QED) is 0.401. The Hall–Kier alpha value is -2.89.